The minimum atomic E-state index is -0.570. The van der Waals surface area contributed by atoms with Crippen molar-refractivity contribution >= 4 is 29.2 Å². The lowest BCUT2D eigenvalue weighted by Gasteiger charge is -2.05. The first-order valence-electron chi connectivity index (χ1n) is 8.44. The number of ketones is 1. The zero-order valence-electron chi connectivity index (χ0n) is 14.9. The molecule has 0 atom stereocenters. The Morgan fingerprint density at radius 2 is 2.08 bits per heavy atom. The van der Waals surface area contributed by atoms with Gasteiger partial charge in [0.1, 0.15) is 11.6 Å². The molecular formula is C19H19N3O3S. The van der Waals surface area contributed by atoms with E-state index in [1.807, 2.05) is 11.4 Å². The molecular weight excluding hydrogens is 350 g/mol. The maximum atomic E-state index is 13.0. The Bertz CT molecular complexity index is 942. The van der Waals surface area contributed by atoms with E-state index in [0.29, 0.717) is 23.0 Å². The van der Waals surface area contributed by atoms with Crippen LogP contribution in [0, 0.1) is 25.2 Å². The number of hydrogen-bond acceptors (Lipinski definition) is 6. The average molecular weight is 369 g/mol. The predicted octanol–water partition coefficient (Wildman–Crippen LogP) is 3.93. The van der Waals surface area contributed by atoms with E-state index in [-0.39, 0.29) is 23.3 Å². The monoisotopic (exact) mass is 369 g/mol. The molecule has 0 amide bonds. The van der Waals surface area contributed by atoms with Crippen molar-refractivity contribution in [2.24, 2.45) is 0 Å². The molecule has 0 bridgehead atoms. The van der Waals surface area contributed by atoms with Crippen molar-refractivity contribution < 1.29 is 14.3 Å². The van der Waals surface area contributed by atoms with Crippen molar-refractivity contribution in [2.45, 2.75) is 39.5 Å². The third-order valence-electron chi connectivity index (χ3n) is 4.21. The van der Waals surface area contributed by atoms with Crippen LogP contribution in [0.25, 0.3) is 6.08 Å². The first-order valence-corrected chi connectivity index (χ1v) is 9.32. The highest BCUT2D eigenvalue weighted by Gasteiger charge is 2.28. The summed E-state index contributed by atoms with van der Waals surface area (Å²) in [5.74, 6) is -0.550. The molecule has 6 nitrogen and oxygen atoms in total. The van der Waals surface area contributed by atoms with Gasteiger partial charge >= 0.3 is 5.97 Å². The molecule has 2 aromatic rings. The van der Waals surface area contributed by atoms with E-state index in [9.17, 15) is 14.9 Å². The van der Waals surface area contributed by atoms with E-state index in [4.69, 9.17) is 4.74 Å². The fourth-order valence-corrected chi connectivity index (χ4v) is 3.79. The lowest BCUT2D eigenvalue weighted by atomic mass is 9.99. The Morgan fingerprint density at radius 1 is 1.38 bits per heavy atom. The first-order chi connectivity index (χ1) is 12.5. The van der Waals surface area contributed by atoms with Gasteiger partial charge in [0, 0.05) is 22.7 Å². The number of Topliss-reactive ketones (excluding diaryl/α,β-unsaturated/α-hetero) is 1. The molecule has 134 valence electrons. The molecule has 7 heteroatoms. The van der Waals surface area contributed by atoms with Crippen LogP contribution in [0.3, 0.4) is 0 Å². The van der Waals surface area contributed by atoms with Crippen LogP contribution in [0.15, 0.2) is 11.0 Å². The number of carbonyl (C=O) groups is 2. The quantitative estimate of drug-likeness (QED) is 0.360. The zero-order chi connectivity index (χ0) is 18.8. The summed E-state index contributed by atoms with van der Waals surface area (Å²) in [7, 11) is 0. The van der Waals surface area contributed by atoms with Gasteiger partial charge in [-0.25, -0.2) is 9.78 Å². The third-order valence-corrected chi connectivity index (χ3v) is 5.23. The number of ether oxygens (including phenoxy) is 1. The minimum Gasteiger partial charge on any atom is -0.462 e. The van der Waals surface area contributed by atoms with E-state index in [1.165, 1.54) is 6.08 Å². The van der Waals surface area contributed by atoms with Crippen LogP contribution in [0.1, 0.15) is 68.5 Å². The summed E-state index contributed by atoms with van der Waals surface area (Å²) in [5.41, 5.74) is 2.01. The van der Waals surface area contributed by atoms with Gasteiger partial charge in [-0.3, -0.25) is 4.79 Å². The Kier molecular flexibility index (Phi) is 5.05. The Labute approximate surface area is 155 Å². The first kappa shape index (κ1) is 18.1. The number of thiazole rings is 1. The molecule has 1 saturated carbocycles. The molecule has 3 rings (SSSR count). The minimum absolute atomic E-state index is 0.0507. The summed E-state index contributed by atoms with van der Waals surface area (Å²) in [5, 5.41) is 12.4. The molecule has 26 heavy (non-hydrogen) atoms. The van der Waals surface area contributed by atoms with Crippen LogP contribution in [0.2, 0.25) is 0 Å². The molecule has 1 fully saturated rings. The summed E-state index contributed by atoms with van der Waals surface area (Å²) >= 11 is 1.55. The van der Waals surface area contributed by atoms with Crippen molar-refractivity contribution in [1.82, 2.24) is 9.97 Å². The van der Waals surface area contributed by atoms with Crippen LogP contribution < -0.4 is 0 Å². The van der Waals surface area contributed by atoms with Gasteiger partial charge in [0.25, 0.3) is 0 Å². The van der Waals surface area contributed by atoms with Crippen molar-refractivity contribution in [3.8, 4) is 6.07 Å². The van der Waals surface area contributed by atoms with Gasteiger partial charge in [-0.15, -0.1) is 11.3 Å². The van der Waals surface area contributed by atoms with Crippen molar-refractivity contribution in [3.63, 3.8) is 0 Å². The number of carbonyl (C=O) groups excluding carboxylic acids is 2. The second-order valence-corrected chi connectivity index (χ2v) is 7.12. The average Bonchev–Trinajstić information content (AvgIpc) is 3.27. The zero-order valence-corrected chi connectivity index (χ0v) is 15.7. The van der Waals surface area contributed by atoms with Gasteiger partial charge in [-0.2, -0.15) is 5.26 Å². The van der Waals surface area contributed by atoms with Gasteiger partial charge in [-0.05, 0) is 39.7 Å². The lowest BCUT2D eigenvalue weighted by molar-refractivity contribution is 0.0523. The number of nitrogens with zero attached hydrogens (tertiary/aromatic N) is 2. The second kappa shape index (κ2) is 7.26. The number of aromatic amines is 1. The largest absolute Gasteiger partial charge is 0.462 e. The molecule has 0 radical (unpaired) electrons. The molecule has 0 aromatic carbocycles. The van der Waals surface area contributed by atoms with Gasteiger partial charge in [0.05, 0.1) is 28.4 Å². The number of hydrogen-bond donors (Lipinski definition) is 1. The molecule has 1 N–H and O–H groups in total. The van der Waals surface area contributed by atoms with Gasteiger partial charge in [0.15, 0.2) is 0 Å². The normalized spacial score (nSPS) is 14.2. The van der Waals surface area contributed by atoms with Gasteiger partial charge in [-0.1, -0.05) is 0 Å². The number of nitrogens with one attached hydrogen (secondary N) is 1. The van der Waals surface area contributed by atoms with E-state index in [2.05, 4.69) is 9.97 Å². The van der Waals surface area contributed by atoms with Crippen molar-refractivity contribution in [2.75, 3.05) is 6.61 Å². The maximum Gasteiger partial charge on any atom is 0.340 e. The van der Waals surface area contributed by atoms with E-state index in [0.717, 1.165) is 17.8 Å². The number of H-pyrrole nitrogens is 1. The van der Waals surface area contributed by atoms with Crippen LogP contribution in [-0.4, -0.2) is 28.3 Å². The van der Waals surface area contributed by atoms with E-state index < -0.39 is 11.8 Å². The molecule has 2 aromatic heterocycles. The van der Waals surface area contributed by atoms with Crippen LogP contribution >= 0.6 is 11.3 Å². The Balaban J connectivity index is 1.97. The Morgan fingerprint density at radius 3 is 2.69 bits per heavy atom. The number of rotatable bonds is 6. The van der Waals surface area contributed by atoms with E-state index in [1.54, 1.807) is 32.1 Å². The van der Waals surface area contributed by atoms with Crippen LogP contribution in [-0.2, 0) is 4.74 Å². The Hall–Kier alpha value is -2.72. The number of allylic oxidation sites excluding steroid dienone is 1. The van der Waals surface area contributed by atoms with Crippen molar-refractivity contribution in [3.05, 3.63) is 44.2 Å². The molecule has 2 heterocycles. The molecule has 0 saturated heterocycles. The SMILES string of the molecule is CCOC(=O)c1c(C)[nH]c(C)c1C(=O)C(C#N)=Cc1csc(C2CC2)n1. The summed E-state index contributed by atoms with van der Waals surface area (Å²) in [4.78, 5) is 32.7. The number of aromatic nitrogens is 2. The fourth-order valence-electron chi connectivity index (χ4n) is 2.84. The standard InChI is InChI=1S/C19H19N3O3S/c1-4-25-19(24)16-11(3)21-10(2)15(16)17(23)13(8-20)7-14-9-26-18(22-14)12-5-6-12/h7,9,12,21H,4-6H2,1-3H3. The number of aryl methyl sites for hydroxylation is 2. The number of nitriles is 1. The molecule has 1 aliphatic rings. The van der Waals surface area contributed by atoms with Crippen LogP contribution in [0.5, 0.6) is 0 Å². The van der Waals surface area contributed by atoms with Crippen molar-refractivity contribution in [1.29, 1.82) is 5.26 Å². The lowest BCUT2D eigenvalue weighted by Crippen LogP contribution is -2.13. The van der Waals surface area contributed by atoms with Gasteiger partial charge in [0.2, 0.25) is 5.78 Å². The van der Waals surface area contributed by atoms with E-state index >= 15 is 0 Å². The number of esters is 1. The summed E-state index contributed by atoms with van der Waals surface area (Å²) < 4.78 is 5.06. The fraction of sp³-hybridized carbons (Fsp3) is 0.368. The van der Waals surface area contributed by atoms with Gasteiger partial charge < -0.3 is 9.72 Å². The highest BCUT2D eigenvalue weighted by atomic mass is 32.1. The second-order valence-electron chi connectivity index (χ2n) is 6.23. The highest BCUT2D eigenvalue weighted by molar-refractivity contribution is 7.09. The maximum absolute atomic E-state index is 13.0. The summed E-state index contributed by atoms with van der Waals surface area (Å²) in [6.07, 6.45) is 3.78. The summed E-state index contributed by atoms with van der Waals surface area (Å²) in [6, 6.07) is 1.95. The third kappa shape index (κ3) is 3.46. The topological polar surface area (TPSA) is 95.8 Å². The molecule has 1 aliphatic carbocycles. The summed E-state index contributed by atoms with van der Waals surface area (Å²) in [6.45, 7) is 5.31. The molecule has 0 aliphatic heterocycles. The molecule has 0 unspecified atom stereocenters. The smallest absolute Gasteiger partial charge is 0.340 e. The predicted molar refractivity (Wildman–Crippen MR) is 98.2 cm³/mol. The highest BCUT2D eigenvalue weighted by Crippen LogP contribution is 2.41. The van der Waals surface area contributed by atoms with Crippen LogP contribution in [0.4, 0.5) is 0 Å². The molecule has 0 spiro atoms.